The highest BCUT2D eigenvalue weighted by Gasteiger charge is 2.19. The average molecular weight is 459 g/mol. The van der Waals surface area contributed by atoms with E-state index >= 15 is 0 Å². The van der Waals surface area contributed by atoms with E-state index in [1.54, 1.807) is 19.4 Å². The second-order valence-corrected chi connectivity index (χ2v) is 7.84. The van der Waals surface area contributed by atoms with Crippen LogP contribution in [0.1, 0.15) is 31.2 Å². The lowest BCUT2D eigenvalue weighted by atomic mass is 10.1. The van der Waals surface area contributed by atoms with E-state index in [4.69, 9.17) is 9.47 Å². The maximum Gasteiger partial charge on any atom is 0.287 e. The predicted octanol–water partition coefficient (Wildman–Crippen LogP) is 6.48. The molecule has 1 aliphatic rings. The molecular formula is C26H26N4O4. The standard InChI is InChI=1S/C26H26N4O4/c1-33-24-14-6-8-19(26(24)34-21-10-2-3-11-21)9-7-17-27-22-12-4-5-13-23(22)29-25-16-15-20(18-28-25)30(31)32/h4-9,12-18,21H,2-3,10-11H2,1H3,(H,28,29)/b9-7+,27-17?. The van der Waals surface area contributed by atoms with E-state index in [2.05, 4.69) is 15.3 Å². The van der Waals surface area contributed by atoms with Crippen LogP contribution in [0.5, 0.6) is 11.5 Å². The Morgan fingerprint density at radius 3 is 2.68 bits per heavy atom. The van der Waals surface area contributed by atoms with Crippen molar-refractivity contribution >= 4 is 35.2 Å². The molecule has 1 fully saturated rings. The summed E-state index contributed by atoms with van der Waals surface area (Å²) in [5.41, 5.74) is 2.32. The van der Waals surface area contributed by atoms with Gasteiger partial charge >= 0.3 is 0 Å². The van der Waals surface area contributed by atoms with Crippen molar-refractivity contribution in [1.82, 2.24) is 4.98 Å². The summed E-state index contributed by atoms with van der Waals surface area (Å²) >= 11 is 0. The van der Waals surface area contributed by atoms with Gasteiger partial charge in [0.1, 0.15) is 12.0 Å². The summed E-state index contributed by atoms with van der Waals surface area (Å²) in [6, 6.07) is 16.3. The number of hydrogen-bond donors (Lipinski definition) is 1. The van der Waals surface area contributed by atoms with Crippen molar-refractivity contribution in [3.63, 3.8) is 0 Å². The van der Waals surface area contributed by atoms with E-state index in [0.29, 0.717) is 11.5 Å². The summed E-state index contributed by atoms with van der Waals surface area (Å²) < 4.78 is 11.8. The summed E-state index contributed by atoms with van der Waals surface area (Å²) in [6.07, 6.45) is 11.5. The molecule has 0 aliphatic heterocycles. The predicted molar refractivity (Wildman–Crippen MR) is 134 cm³/mol. The number of pyridine rings is 1. The molecule has 0 amide bonds. The minimum atomic E-state index is -0.478. The molecule has 1 heterocycles. The summed E-state index contributed by atoms with van der Waals surface area (Å²) in [6.45, 7) is 0. The molecule has 1 saturated carbocycles. The lowest BCUT2D eigenvalue weighted by Crippen LogP contribution is -2.12. The molecule has 1 N–H and O–H groups in total. The van der Waals surface area contributed by atoms with Crippen LogP contribution in [0.2, 0.25) is 0 Å². The van der Waals surface area contributed by atoms with Crippen molar-refractivity contribution in [2.75, 3.05) is 12.4 Å². The number of rotatable bonds is 9. The zero-order valence-corrected chi connectivity index (χ0v) is 18.9. The van der Waals surface area contributed by atoms with Crippen molar-refractivity contribution in [3.8, 4) is 11.5 Å². The molecule has 3 aromatic rings. The van der Waals surface area contributed by atoms with Gasteiger partial charge in [0.05, 0.1) is 29.5 Å². The Labute approximate surface area is 198 Å². The number of nitrogens with zero attached hydrogens (tertiary/aromatic N) is 3. The molecule has 8 heteroatoms. The van der Waals surface area contributed by atoms with Crippen molar-refractivity contribution in [2.45, 2.75) is 31.8 Å². The number of para-hydroxylation sites is 3. The summed E-state index contributed by atoms with van der Waals surface area (Å²) in [5.74, 6) is 1.97. The molecule has 0 unspecified atom stereocenters. The minimum absolute atomic E-state index is 0.0594. The van der Waals surface area contributed by atoms with E-state index in [0.717, 1.165) is 35.6 Å². The number of nitro groups is 1. The monoisotopic (exact) mass is 458 g/mol. The van der Waals surface area contributed by atoms with Crippen molar-refractivity contribution in [3.05, 3.63) is 82.5 Å². The van der Waals surface area contributed by atoms with Gasteiger partial charge in [0.25, 0.3) is 5.69 Å². The Kier molecular flexibility index (Phi) is 7.49. The zero-order valence-electron chi connectivity index (χ0n) is 18.9. The molecule has 4 rings (SSSR count). The van der Waals surface area contributed by atoms with Gasteiger partial charge < -0.3 is 14.8 Å². The number of anilines is 2. The van der Waals surface area contributed by atoms with Crippen LogP contribution in [0.15, 0.2) is 71.9 Å². The first-order valence-corrected chi connectivity index (χ1v) is 11.1. The fourth-order valence-electron chi connectivity index (χ4n) is 3.79. The fourth-order valence-corrected chi connectivity index (χ4v) is 3.79. The van der Waals surface area contributed by atoms with Crippen molar-refractivity contribution in [1.29, 1.82) is 0 Å². The van der Waals surface area contributed by atoms with Crippen LogP contribution in [0, 0.1) is 10.1 Å². The maximum absolute atomic E-state index is 10.8. The number of aromatic nitrogens is 1. The van der Waals surface area contributed by atoms with Gasteiger partial charge in [-0.1, -0.05) is 24.3 Å². The number of methoxy groups -OCH3 is 1. The van der Waals surface area contributed by atoms with Crippen LogP contribution in [0.4, 0.5) is 22.9 Å². The molecule has 174 valence electrons. The van der Waals surface area contributed by atoms with Crippen LogP contribution < -0.4 is 14.8 Å². The number of ether oxygens (including phenoxy) is 2. The van der Waals surface area contributed by atoms with Crippen LogP contribution in [0.3, 0.4) is 0 Å². The quantitative estimate of drug-likeness (QED) is 0.224. The minimum Gasteiger partial charge on any atom is -0.493 e. The molecule has 1 aliphatic carbocycles. The van der Waals surface area contributed by atoms with E-state index in [-0.39, 0.29) is 11.8 Å². The first kappa shape index (κ1) is 23.0. The second kappa shape index (κ2) is 11.1. The number of nitrogens with one attached hydrogen (secondary N) is 1. The number of allylic oxidation sites excluding steroid dienone is 1. The first-order chi connectivity index (χ1) is 16.6. The van der Waals surface area contributed by atoms with Gasteiger partial charge in [-0.2, -0.15) is 0 Å². The Balaban J connectivity index is 1.49. The van der Waals surface area contributed by atoms with Gasteiger partial charge in [0.15, 0.2) is 11.5 Å². The molecule has 8 nitrogen and oxygen atoms in total. The van der Waals surface area contributed by atoms with Gasteiger partial charge in [0, 0.05) is 17.8 Å². The lowest BCUT2D eigenvalue weighted by Gasteiger charge is -2.17. The third-order valence-corrected chi connectivity index (χ3v) is 5.52. The Bertz CT molecular complexity index is 1190. The Morgan fingerprint density at radius 2 is 1.94 bits per heavy atom. The average Bonchev–Trinajstić information content (AvgIpc) is 3.37. The summed E-state index contributed by atoms with van der Waals surface area (Å²) in [7, 11) is 1.65. The first-order valence-electron chi connectivity index (χ1n) is 11.1. The van der Waals surface area contributed by atoms with Gasteiger partial charge in [0.2, 0.25) is 0 Å². The molecule has 0 saturated heterocycles. The van der Waals surface area contributed by atoms with Crippen LogP contribution in [0.25, 0.3) is 6.08 Å². The molecule has 34 heavy (non-hydrogen) atoms. The largest absolute Gasteiger partial charge is 0.493 e. The van der Waals surface area contributed by atoms with Gasteiger partial charge in [-0.25, -0.2) is 4.98 Å². The van der Waals surface area contributed by atoms with Crippen LogP contribution >= 0.6 is 0 Å². The number of aliphatic imine (C=N–C) groups is 1. The molecular weight excluding hydrogens is 432 g/mol. The van der Waals surface area contributed by atoms with Crippen LogP contribution in [-0.4, -0.2) is 29.3 Å². The maximum atomic E-state index is 10.8. The van der Waals surface area contributed by atoms with Gasteiger partial charge in [-0.3, -0.25) is 15.1 Å². The molecule has 1 aromatic heterocycles. The van der Waals surface area contributed by atoms with E-state index in [1.807, 2.05) is 54.6 Å². The van der Waals surface area contributed by atoms with Crippen LogP contribution in [-0.2, 0) is 0 Å². The number of benzene rings is 2. The summed E-state index contributed by atoms with van der Waals surface area (Å²) in [4.78, 5) is 19.0. The Hall–Kier alpha value is -4.20. The van der Waals surface area contributed by atoms with Gasteiger partial charge in [-0.05, 0) is 62.1 Å². The Morgan fingerprint density at radius 1 is 1.12 bits per heavy atom. The molecule has 0 spiro atoms. The third-order valence-electron chi connectivity index (χ3n) is 5.52. The zero-order chi connectivity index (χ0) is 23.8. The SMILES string of the molecule is COc1cccc(/C=C/C=Nc2ccccc2Nc2ccc([N+](=O)[O-])cn2)c1OC1CCCC1. The number of hydrogen-bond acceptors (Lipinski definition) is 7. The van der Waals surface area contributed by atoms with E-state index < -0.39 is 4.92 Å². The highest BCUT2D eigenvalue weighted by molar-refractivity contribution is 5.84. The highest BCUT2D eigenvalue weighted by atomic mass is 16.6. The lowest BCUT2D eigenvalue weighted by molar-refractivity contribution is -0.385. The third kappa shape index (κ3) is 5.78. The second-order valence-electron chi connectivity index (χ2n) is 7.84. The molecule has 0 bridgehead atoms. The topological polar surface area (TPSA) is 98.9 Å². The van der Waals surface area contributed by atoms with E-state index in [1.165, 1.54) is 25.1 Å². The van der Waals surface area contributed by atoms with Crippen molar-refractivity contribution in [2.24, 2.45) is 4.99 Å². The van der Waals surface area contributed by atoms with E-state index in [9.17, 15) is 10.1 Å². The summed E-state index contributed by atoms with van der Waals surface area (Å²) in [5, 5.41) is 14.0. The van der Waals surface area contributed by atoms with Gasteiger partial charge in [-0.15, -0.1) is 0 Å². The normalized spacial score (nSPS) is 14.0. The highest BCUT2D eigenvalue weighted by Crippen LogP contribution is 2.35. The molecule has 2 aromatic carbocycles. The van der Waals surface area contributed by atoms with Crippen molar-refractivity contribution < 1.29 is 14.4 Å². The smallest absolute Gasteiger partial charge is 0.287 e. The molecule has 0 atom stereocenters. The fraction of sp³-hybridized carbons (Fsp3) is 0.231. The molecule has 0 radical (unpaired) electrons.